The average molecular weight is 185 g/mol. The van der Waals surface area contributed by atoms with Crippen molar-refractivity contribution in [1.82, 2.24) is 5.32 Å². The van der Waals surface area contributed by atoms with E-state index in [1.165, 1.54) is 24.8 Å². The summed E-state index contributed by atoms with van der Waals surface area (Å²) in [6.07, 6.45) is 3.74. The molecule has 1 radical (unpaired) electrons. The van der Waals surface area contributed by atoms with Crippen molar-refractivity contribution >= 4 is 0 Å². The number of nitrogens with zero attached hydrogens (tertiary/aromatic N) is 1. The van der Waals surface area contributed by atoms with Crippen LogP contribution in [0.25, 0.3) is 0 Å². The molecule has 1 aliphatic rings. The van der Waals surface area contributed by atoms with E-state index >= 15 is 0 Å². The summed E-state index contributed by atoms with van der Waals surface area (Å²) in [4.78, 5) is 0. The van der Waals surface area contributed by atoms with Crippen molar-refractivity contribution in [3.63, 3.8) is 0 Å². The second-order valence-electron chi connectivity index (χ2n) is 3.65. The molecule has 0 aliphatic carbocycles. The van der Waals surface area contributed by atoms with E-state index < -0.39 is 0 Å². The van der Waals surface area contributed by atoms with Gasteiger partial charge in [-0.2, -0.15) is 5.26 Å². The lowest BCUT2D eigenvalue weighted by Gasteiger charge is -2.23. The zero-order chi connectivity index (χ0) is 9.80. The fraction of sp³-hybridized carbons (Fsp3) is 0.417. The van der Waals surface area contributed by atoms with E-state index in [0.717, 1.165) is 6.54 Å². The Hall–Kier alpha value is -1.33. The van der Waals surface area contributed by atoms with Gasteiger partial charge in [0.05, 0.1) is 11.6 Å². The molecule has 0 bridgehead atoms. The standard InChI is InChI=1S/C12H13N2/c13-9-10-4-6-11(7-5-10)12-3-1-2-8-14-12/h4-6,12,14H,1-3,8H2. The second kappa shape index (κ2) is 4.26. The first-order valence-corrected chi connectivity index (χ1v) is 5.05. The van der Waals surface area contributed by atoms with Gasteiger partial charge in [0.15, 0.2) is 0 Å². The maximum Gasteiger partial charge on any atom is 0.0991 e. The lowest BCUT2D eigenvalue weighted by Crippen LogP contribution is -2.26. The molecule has 0 saturated carbocycles. The lowest BCUT2D eigenvalue weighted by molar-refractivity contribution is 0.412. The largest absolute Gasteiger partial charge is 0.310 e. The van der Waals surface area contributed by atoms with Crippen LogP contribution >= 0.6 is 0 Å². The Morgan fingerprint density at radius 2 is 2.36 bits per heavy atom. The van der Waals surface area contributed by atoms with Gasteiger partial charge in [0, 0.05) is 6.04 Å². The Bertz CT molecular complexity index is 328. The molecule has 1 fully saturated rings. The predicted molar refractivity (Wildman–Crippen MR) is 54.6 cm³/mol. The van der Waals surface area contributed by atoms with Gasteiger partial charge >= 0.3 is 0 Å². The molecule has 1 saturated heterocycles. The SMILES string of the molecule is N#Cc1c[c]c(C2CCCCN2)cc1. The van der Waals surface area contributed by atoms with Crippen molar-refractivity contribution in [3.8, 4) is 6.07 Å². The summed E-state index contributed by atoms with van der Waals surface area (Å²) in [5.74, 6) is 0. The third kappa shape index (κ3) is 1.94. The minimum absolute atomic E-state index is 0.441. The van der Waals surface area contributed by atoms with Crippen LogP contribution in [0.3, 0.4) is 0 Å². The Morgan fingerprint density at radius 3 is 2.93 bits per heavy atom. The van der Waals surface area contributed by atoms with E-state index in [4.69, 9.17) is 5.26 Å². The van der Waals surface area contributed by atoms with E-state index in [9.17, 15) is 0 Å². The summed E-state index contributed by atoms with van der Waals surface area (Å²) in [5.41, 5.74) is 1.87. The van der Waals surface area contributed by atoms with Crippen molar-refractivity contribution < 1.29 is 0 Å². The molecule has 1 aromatic rings. The van der Waals surface area contributed by atoms with Crippen molar-refractivity contribution in [2.24, 2.45) is 0 Å². The predicted octanol–water partition coefficient (Wildman–Crippen LogP) is 2.17. The maximum absolute atomic E-state index is 8.65. The van der Waals surface area contributed by atoms with Gasteiger partial charge in [-0.25, -0.2) is 0 Å². The monoisotopic (exact) mass is 185 g/mol. The van der Waals surface area contributed by atoms with Crippen molar-refractivity contribution in [2.45, 2.75) is 25.3 Å². The number of nitriles is 1. The van der Waals surface area contributed by atoms with E-state index in [-0.39, 0.29) is 0 Å². The molecule has 0 amide bonds. The average Bonchev–Trinajstić information content (AvgIpc) is 2.30. The van der Waals surface area contributed by atoms with Gasteiger partial charge in [-0.15, -0.1) is 0 Å². The van der Waals surface area contributed by atoms with E-state index in [2.05, 4.69) is 17.5 Å². The van der Waals surface area contributed by atoms with Gasteiger partial charge < -0.3 is 5.32 Å². The molecule has 1 aliphatic heterocycles. The molecule has 14 heavy (non-hydrogen) atoms. The van der Waals surface area contributed by atoms with Gasteiger partial charge in [-0.1, -0.05) is 12.5 Å². The van der Waals surface area contributed by atoms with Crippen LogP contribution in [0.15, 0.2) is 18.2 Å². The molecule has 1 heterocycles. The fourth-order valence-electron chi connectivity index (χ4n) is 1.84. The van der Waals surface area contributed by atoms with Crippen LogP contribution in [0.4, 0.5) is 0 Å². The summed E-state index contributed by atoms with van der Waals surface area (Å²) in [6.45, 7) is 1.10. The number of nitrogens with one attached hydrogen (secondary N) is 1. The Balaban J connectivity index is 2.12. The van der Waals surface area contributed by atoms with E-state index in [1.807, 2.05) is 12.1 Å². The molecule has 0 aromatic heterocycles. The molecule has 0 spiro atoms. The summed E-state index contributed by atoms with van der Waals surface area (Å²) in [5, 5.41) is 12.1. The summed E-state index contributed by atoms with van der Waals surface area (Å²) < 4.78 is 0. The quantitative estimate of drug-likeness (QED) is 0.727. The Morgan fingerprint density at radius 1 is 1.43 bits per heavy atom. The number of rotatable bonds is 1. The first kappa shape index (κ1) is 9.23. The number of benzene rings is 1. The molecule has 1 atom stereocenters. The van der Waals surface area contributed by atoms with Crippen LogP contribution in [-0.2, 0) is 0 Å². The van der Waals surface area contributed by atoms with Gasteiger partial charge in [0.2, 0.25) is 0 Å². The number of piperidine rings is 1. The first-order chi connectivity index (χ1) is 6.90. The van der Waals surface area contributed by atoms with Crippen LogP contribution in [0, 0.1) is 17.4 Å². The van der Waals surface area contributed by atoms with Gasteiger partial charge in [-0.05, 0) is 43.1 Å². The zero-order valence-electron chi connectivity index (χ0n) is 8.09. The highest BCUT2D eigenvalue weighted by Gasteiger charge is 2.14. The number of hydrogen-bond acceptors (Lipinski definition) is 2. The smallest absolute Gasteiger partial charge is 0.0991 e. The summed E-state index contributed by atoms with van der Waals surface area (Å²) in [6, 6.07) is 11.4. The van der Waals surface area contributed by atoms with Crippen LogP contribution in [-0.4, -0.2) is 6.54 Å². The zero-order valence-corrected chi connectivity index (χ0v) is 8.09. The maximum atomic E-state index is 8.65. The molecule has 2 heteroatoms. The first-order valence-electron chi connectivity index (χ1n) is 5.05. The molecule has 1 N–H and O–H groups in total. The number of hydrogen-bond donors (Lipinski definition) is 1. The van der Waals surface area contributed by atoms with Gasteiger partial charge in [-0.3, -0.25) is 0 Å². The third-order valence-corrected chi connectivity index (χ3v) is 2.65. The molecular formula is C12H13N2. The highest BCUT2D eigenvalue weighted by Crippen LogP contribution is 2.22. The minimum atomic E-state index is 0.441. The van der Waals surface area contributed by atoms with Crippen LogP contribution in [0.5, 0.6) is 0 Å². The summed E-state index contributed by atoms with van der Waals surface area (Å²) in [7, 11) is 0. The topological polar surface area (TPSA) is 35.8 Å². The minimum Gasteiger partial charge on any atom is -0.310 e. The highest BCUT2D eigenvalue weighted by molar-refractivity contribution is 5.32. The van der Waals surface area contributed by atoms with Gasteiger partial charge in [0.25, 0.3) is 0 Å². The molecule has 1 unspecified atom stereocenters. The van der Waals surface area contributed by atoms with Crippen molar-refractivity contribution in [1.29, 1.82) is 5.26 Å². The third-order valence-electron chi connectivity index (χ3n) is 2.65. The molecular weight excluding hydrogens is 172 g/mol. The Kier molecular flexibility index (Phi) is 2.81. The second-order valence-corrected chi connectivity index (χ2v) is 3.65. The lowest BCUT2D eigenvalue weighted by atomic mass is 9.97. The molecule has 1 aromatic carbocycles. The van der Waals surface area contributed by atoms with Crippen LogP contribution in [0.1, 0.15) is 36.4 Å². The Labute approximate surface area is 84.6 Å². The van der Waals surface area contributed by atoms with Crippen LogP contribution < -0.4 is 5.32 Å². The van der Waals surface area contributed by atoms with Gasteiger partial charge in [0.1, 0.15) is 0 Å². The van der Waals surface area contributed by atoms with E-state index in [1.54, 1.807) is 6.07 Å². The fourth-order valence-corrected chi connectivity index (χ4v) is 1.84. The normalized spacial score (nSPS) is 21.5. The molecule has 2 nitrogen and oxygen atoms in total. The molecule has 2 rings (SSSR count). The van der Waals surface area contributed by atoms with Crippen molar-refractivity contribution in [2.75, 3.05) is 6.54 Å². The highest BCUT2D eigenvalue weighted by atomic mass is 14.9. The van der Waals surface area contributed by atoms with Crippen LogP contribution in [0.2, 0.25) is 0 Å². The van der Waals surface area contributed by atoms with Crippen molar-refractivity contribution in [3.05, 3.63) is 35.4 Å². The summed E-state index contributed by atoms with van der Waals surface area (Å²) >= 11 is 0. The molecule has 71 valence electrons. The van der Waals surface area contributed by atoms with E-state index in [0.29, 0.717) is 11.6 Å².